The summed E-state index contributed by atoms with van der Waals surface area (Å²) in [6, 6.07) is 13.0. The predicted octanol–water partition coefficient (Wildman–Crippen LogP) is 4.75. The number of benzene rings is 2. The summed E-state index contributed by atoms with van der Waals surface area (Å²) in [4.78, 5) is 7.60. The number of nitrogens with zero attached hydrogens (tertiary/aromatic N) is 3. The van der Waals surface area contributed by atoms with Gasteiger partial charge in [-0.15, -0.1) is 0 Å². The number of aromatic nitrogens is 2. The van der Waals surface area contributed by atoms with Crippen LogP contribution in [0.3, 0.4) is 0 Å². The number of anilines is 1. The Labute approximate surface area is 140 Å². The van der Waals surface area contributed by atoms with Crippen molar-refractivity contribution in [2.24, 2.45) is 5.10 Å². The number of hydrogen-bond donors (Lipinski definition) is 1. The van der Waals surface area contributed by atoms with Gasteiger partial charge in [0, 0.05) is 5.02 Å². The lowest BCUT2D eigenvalue weighted by molar-refractivity contribution is -0.140. The molecule has 0 aliphatic heterocycles. The zero-order valence-electron chi connectivity index (χ0n) is 12.0. The predicted molar refractivity (Wildman–Crippen MR) is 87.2 cm³/mol. The van der Waals surface area contributed by atoms with Gasteiger partial charge in [-0.1, -0.05) is 35.9 Å². The van der Waals surface area contributed by atoms with Crippen LogP contribution in [0.15, 0.2) is 53.6 Å². The number of hydrogen-bond acceptors (Lipinski definition) is 4. The van der Waals surface area contributed by atoms with Crippen LogP contribution in [-0.2, 0) is 6.18 Å². The Balaban J connectivity index is 1.93. The first-order chi connectivity index (χ1) is 11.4. The van der Waals surface area contributed by atoms with Gasteiger partial charge >= 0.3 is 6.18 Å². The van der Waals surface area contributed by atoms with Crippen LogP contribution >= 0.6 is 11.6 Å². The Morgan fingerprint density at radius 1 is 0.958 bits per heavy atom. The highest BCUT2D eigenvalue weighted by Crippen LogP contribution is 2.33. The van der Waals surface area contributed by atoms with E-state index in [4.69, 9.17) is 11.6 Å². The molecule has 0 aliphatic carbocycles. The lowest BCUT2D eigenvalue weighted by Crippen LogP contribution is -2.13. The monoisotopic (exact) mass is 350 g/mol. The number of fused-ring (bicyclic) bond motifs is 1. The van der Waals surface area contributed by atoms with E-state index >= 15 is 0 Å². The number of para-hydroxylation sites is 2. The van der Waals surface area contributed by atoms with Crippen LogP contribution in [-0.4, -0.2) is 16.2 Å². The van der Waals surface area contributed by atoms with E-state index < -0.39 is 17.7 Å². The molecule has 0 bridgehead atoms. The topological polar surface area (TPSA) is 50.2 Å². The highest BCUT2D eigenvalue weighted by atomic mass is 35.5. The molecule has 24 heavy (non-hydrogen) atoms. The molecule has 0 amide bonds. The molecule has 0 saturated heterocycles. The lowest BCUT2D eigenvalue weighted by atomic mass is 10.2. The van der Waals surface area contributed by atoms with Crippen molar-refractivity contribution < 1.29 is 13.2 Å². The average Bonchev–Trinajstić information content (AvgIpc) is 2.55. The van der Waals surface area contributed by atoms with Crippen molar-refractivity contribution in [2.75, 3.05) is 5.43 Å². The first-order valence-electron chi connectivity index (χ1n) is 6.82. The molecule has 3 aromatic rings. The minimum absolute atomic E-state index is 0.164. The maximum Gasteiger partial charge on any atom is 0.437 e. The van der Waals surface area contributed by atoms with Crippen LogP contribution in [0.1, 0.15) is 11.3 Å². The summed E-state index contributed by atoms with van der Waals surface area (Å²) in [6.45, 7) is 0. The van der Waals surface area contributed by atoms with Gasteiger partial charge in [0.25, 0.3) is 0 Å². The fourth-order valence-electron chi connectivity index (χ4n) is 1.99. The van der Waals surface area contributed by atoms with Gasteiger partial charge in [0.15, 0.2) is 11.5 Å². The molecule has 1 aromatic heterocycles. The van der Waals surface area contributed by atoms with Crippen molar-refractivity contribution >= 4 is 34.7 Å². The minimum atomic E-state index is -4.64. The van der Waals surface area contributed by atoms with E-state index in [0.29, 0.717) is 16.1 Å². The van der Waals surface area contributed by atoms with Gasteiger partial charge in [-0.3, -0.25) is 5.43 Å². The van der Waals surface area contributed by atoms with Gasteiger partial charge in [0.2, 0.25) is 0 Å². The quantitative estimate of drug-likeness (QED) is 0.548. The van der Waals surface area contributed by atoms with Crippen LogP contribution in [0.2, 0.25) is 5.02 Å². The largest absolute Gasteiger partial charge is 0.437 e. The number of nitrogens with one attached hydrogen (secondary N) is 1. The van der Waals surface area contributed by atoms with Gasteiger partial charge < -0.3 is 0 Å². The molecule has 0 unspecified atom stereocenters. The Bertz CT molecular complexity index is 892. The normalized spacial score (nSPS) is 12.0. The van der Waals surface area contributed by atoms with Crippen molar-refractivity contribution in [2.45, 2.75) is 6.18 Å². The average molecular weight is 351 g/mol. The van der Waals surface area contributed by atoms with Gasteiger partial charge in [-0.25, -0.2) is 9.97 Å². The lowest BCUT2D eigenvalue weighted by Gasteiger charge is -2.11. The molecule has 0 spiro atoms. The Morgan fingerprint density at radius 3 is 2.21 bits per heavy atom. The summed E-state index contributed by atoms with van der Waals surface area (Å²) in [6.07, 6.45) is -3.28. The van der Waals surface area contributed by atoms with Crippen LogP contribution in [0.5, 0.6) is 0 Å². The standard InChI is InChI=1S/C16H10ClF3N4/c17-11-7-5-10(6-8-11)9-21-24-15-14(16(18,19)20)22-12-3-1-2-4-13(12)23-15/h1-9H,(H,23,24). The fourth-order valence-corrected chi connectivity index (χ4v) is 2.12. The maximum absolute atomic E-state index is 13.2. The molecular formula is C16H10ClF3N4. The van der Waals surface area contributed by atoms with E-state index in [0.717, 1.165) is 0 Å². The van der Waals surface area contributed by atoms with E-state index in [-0.39, 0.29) is 5.52 Å². The van der Waals surface area contributed by atoms with Crippen LogP contribution in [0.4, 0.5) is 19.0 Å². The fraction of sp³-hybridized carbons (Fsp3) is 0.0625. The van der Waals surface area contributed by atoms with Crippen molar-refractivity contribution in [1.29, 1.82) is 0 Å². The molecule has 2 aromatic carbocycles. The zero-order valence-corrected chi connectivity index (χ0v) is 12.8. The molecule has 122 valence electrons. The third kappa shape index (κ3) is 3.62. The van der Waals surface area contributed by atoms with Crippen LogP contribution in [0, 0.1) is 0 Å². The molecule has 4 nitrogen and oxygen atoms in total. The van der Waals surface area contributed by atoms with E-state index in [1.165, 1.54) is 12.3 Å². The van der Waals surface area contributed by atoms with E-state index in [1.807, 2.05) is 0 Å². The van der Waals surface area contributed by atoms with Gasteiger partial charge in [0.1, 0.15) is 0 Å². The van der Waals surface area contributed by atoms with Crippen molar-refractivity contribution in [3.05, 3.63) is 64.8 Å². The minimum Gasteiger partial charge on any atom is -0.260 e. The smallest absolute Gasteiger partial charge is 0.260 e. The van der Waals surface area contributed by atoms with Crippen LogP contribution in [0.25, 0.3) is 11.0 Å². The molecule has 8 heteroatoms. The highest BCUT2D eigenvalue weighted by molar-refractivity contribution is 6.30. The number of rotatable bonds is 3. The summed E-state index contributed by atoms with van der Waals surface area (Å²) < 4.78 is 39.5. The molecule has 0 saturated carbocycles. The Hall–Kier alpha value is -2.67. The first kappa shape index (κ1) is 16.2. The third-order valence-corrected chi connectivity index (χ3v) is 3.35. The zero-order chi connectivity index (χ0) is 17.2. The SMILES string of the molecule is FC(F)(F)c1nc2ccccc2nc1NN=Cc1ccc(Cl)cc1. The van der Waals surface area contributed by atoms with E-state index in [9.17, 15) is 13.2 Å². The van der Waals surface area contributed by atoms with Gasteiger partial charge in [-0.05, 0) is 29.8 Å². The van der Waals surface area contributed by atoms with E-state index in [1.54, 1.807) is 42.5 Å². The second-order valence-electron chi connectivity index (χ2n) is 4.83. The molecule has 0 aliphatic rings. The molecule has 1 N–H and O–H groups in total. The summed E-state index contributed by atoms with van der Waals surface area (Å²) in [5.41, 5.74) is 2.38. The second kappa shape index (κ2) is 6.45. The number of alkyl halides is 3. The maximum atomic E-state index is 13.2. The third-order valence-electron chi connectivity index (χ3n) is 3.09. The first-order valence-corrected chi connectivity index (χ1v) is 7.20. The molecule has 1 heterocycles. The molecule has 0 radical (unpaired) electrons. The summed E-state index contributed by atoms with van der Waals surface area (Å²) in [5, 5.41) is 4.36. The van der Waals surface area contributed by atoms with Gasteiger partial charge in [0.05, 0.1) is 17.2 Å². The molecule has 0 fully saturated rings. The van der Waals surface area contributed by atoms with Crippen molar-refractivity contribution in [3.8, 4) is 0 Å². The second-order valence-corrected chi connectivity index (χ2v) is 5.27. The molecule has 0 atom stereocenters. The highest BCUT2D eigenvalue weighted by Gasteiger charge is 2.37. The van der Waals surface area contributed by atoms with Crippen LogP contribution < -0.4 is 5.43 Å². The molecule has 3 rings (SSSR count). The molecular weight excluding hydrogens is 341 g/mol. The summed E-state index contributed by atoms with van der Waals surface area (Å²) in [5.74, 6) is -0.452. The van der Waals surface area contributed by atoms with Crippen molar-refractivity contribution in [1.82, 2.24) is 9.97 Å². The Kier molecular flexibility index (Phi) is 4.35. The Morgan fingerprint density at radius 2 is 1.58 bits per heavy atom. The van der Waals surface area contributed by atoms with Gasteiger partial charge in [-0.2, -0.15) is 18.3 Å². The van der Waals surface area contributed by atoms with Crippen molar-refractivity contribution in [3.63, 3.8) is 0 Å². The number of hydrazone groups is 1. The number of halogens is 4. The summed E-state index contributed by atoms with van der Waals surface area (Å²) >= 11 is 5.76. The summed E-state index contributed by atoms with van der Waals surface area (Å²) in [7, 11) is 0. The van der Waals surface area contributed by atoms with E-state index in [2.05, 4.69) is 20.5 Å².